The SMILES string of the molecule is CC1(C)CCN(c2ccnc(C#N)c2)C1. The molecule has 1 aromatic heterocycles. The second-order valence-electron chi connectivity index (χ2n) is 4.85. The van der Waals surface area contributed by atoms with E-state index in [0.717, 1.165) is 18.8 Å². The number of aromatic nitrogens is 1. The van der Waals surface area contributed by atoms with Gasteiger partial charge in [-0.2, -0.15) is 5.26 Å². The molecule has 0 radical (unpaired) electrons. The van der Waals surface area contributed by atoms with Gasteiger partial charge in [-0.05, 0) is 24.0 Å². The van der Waals surface area contributed by atoms with Crippen LogP contribution in [0.5, 0.6) is 0 Å². The van der Waals surface area contributed by atoms with E-state index in [1.54, 1.807) is 6.20 Å². The van der Waals surface area contributed by atoms with Gasteiger partial charge >= 0.3 is 0 Å². The zero-order chi connectivity index (χ0) is 10.9. The average Bonchev–Trinajstić information content (AvgIpc) is 2.59. The number of hydrogen-bond donors (Lipinski definition) is 0. The smallest absolute Gasteiger partial charge is 0.142 e. The summed E-state index contributed by atoms with van der Waals surface area (Å²) in [6.45, 7) is 6.68. The van der Waals surface area contributed by atoms with Crippen molar-refractivity contribution in [1.82, 2.24) is 4.98 Å². The molecule has 2 rings (SSSR count). The van der Waals surface area contributed by atoms with Gasteiger partial charge in [-0.3, -0.25) is 0 Å². The van der Waals surface area contributed by atoms with Crippen LogP contribution in [0.4, 0.5) is 5.69 Å². The van der Waals surface area contributed by atoms with Gasteiger partial charge in [-0.25, -0.2) is 4.98 Å². The fraction of sp³-hybridized carbons (Fsp3) is 0.500. The number of nitriles is 1. The van der Waals surface area contributed by atoms with E-state index < -0.39 is 0 Å². The fourth-order valence-corrected chi connectivity index (χ4v) is 2.01. The standard InChI is InChI=1S/C12H15N3/c1-12(2)4-6-15(9-12)11-3-5-14-10(7-11)8-13/h3,5,7H,4,6,9H2,1-2H3. The third-order valence-electron chi connectivity index (χ3n) is 2.90. The molecule has 0 aliphatic carbocycles. The molecule has 0 aromatic carbocycles. The summed E-state index contributed by atoms with van der Waals surface area (Å²) in [5, 5.41) is 8.78. The van der Waals surface area contributed by atoms with Crippen LogP contribution in [0.3, 0.4) is 0 Å². The predicted octanol–water partition coefficient (Wildman–Crippen LogP) is 2.19. The van der Waals surface area contributed by atoms with Crippen molar-refractivity contribution in [1.29, 1.82) is 5.26 Å². The molecule has 1 fully saturated rings. The maximum Gasteiger partial charge on any atom is 0.142 e. The van der Waals surface area contributed by atoms with Crippen LogP contribution in [0, 0.1) is 16.7 Å². The molecule has 1 saturated heterocycles. The molecular formula is C12H15N3. The molecule has 0 saturated carbocycles. The number of nitrogens with zero attached hydrogens (tertiary/aromatic N) is 3. The van der Waals surface area contributed by atoms with Crippen molar-refractivity contribution < 1.29 is 0 Å². The number of rotatable bonds is 1. The van der Waals surface area contributed by atoms with Crippen molar-refractivity contribution in [2.45, 2.75) is 20.3 Å². The van der Waals surface area contributed by atoms with Gasteiger partial charge in [0.1, 0.15) is 11.8 Å². The lowest BCUT2D eigenvalue weighted by Crippen LogP contribution is -2.22. The third kappa shape index (κ3) is 2.10. The molecule has 1 aliphatic heterocycles. The minimum absolute atomic E-state index is 0.385. The molecule has 0 N–H and O–H groups in total. The summed E-state index contributed by atoms with van der Waals surface area (Å²) in [7, 11) is 0. The van der Waals surface area contributed by atoms with E-state index >= 15 is 0 Å². The lowest BCUT2D eigenvalue weighted by Gasteiger charge is -2.21. The van der Waals surface area contributed by atoms with Gasteiger partial charge in [0.05, 0.1) is 0 Å². The minimum Gasteiger partial charge on any atom is -0.371 e. The Kier molecular flexibility index (Phi) is 2.36. The van der Waals surface area contributed by atoms with Crippen LogP contribution in [-0.4, -0.2) is 18.1 Å². The Balaban J connectivity index is 2.21. The van der Waals surface area contributed by atoms with Gasteiger partial charge in [0.25, 0.3) is 0 Å². The van der Waals surface area contributed by atoms with Crippen LogP contribution in [-0.2, 0) is 0 Å². The van der Waals surface area contributed by atoms with Crippen molar-refractivity contribution in [2.24, 2.45) is 5.41 Å². The number of anilines is 1. The second-order valence-corrected chi connectivity index (χ2v) is 4.85. The fourth-order valence-electron chi connectivity index (χ4n) is 2.01. The highest BCUT2D eigenvalue weighted by Crippen LogP contribution is 2.32. The van der Waals surface area contributed by atoms with E-state index in [-0.39, 0.29) is 0 Å². The first kappa shape index (κ1) is 9.97. The van der Waals surface area contributed by atoms with Crippen molar-refractivity contribution >= 4 is 5.69 Å². The molecule has 0 spiro atoms. The van der Waals surface area contributed by atoms with Gasteiger partial charge in [0.2, 0.25) is 0 Å². The molecule has 0 unspecified atom stereocenters. The summed E-state index contributed by atoms with van der Waals surface area (Å²) >= 11 is 0. The summed E-state index contributed by atoms with van der Waals surface area (Å²) in [6, 6.07) is 5.91. The third-order valence-corrected chi connectivity index (χ3v) is 2.90. The molecule has 0 amide bonds. The van der Waals surface area contributed by atoms with E-state index in [1.165, 1.54) is 6.42 Å². The molecule has 1 aromatic rings. The van der Waals surface area contributed by atoms with Gasteiger partial charge in [0, 0.05) is 25.0 Å². The lowest BCUT2D eigenvalue weighted by atomic mass is 9.93. The van der Waals surface area contributed by atoms with Gasteiger partial charge in [-0.1, -0.05) is 13.8 Å². The van der Waals surface area contributed by atoms with Crippen LogP contribution in [0.2, 0.25) is 0 Å². The first-order valence-electron chi connectivity index (χ1n) is 5.22. The van der Waals surface area contributed by atoms with Crippen molar-refractivity contribution in [2.75, 3.05) is 18.0 Å². The Bertz CT molecular complexity index is 404. The number of pyridine rings is 1. The van der Waals surface area contributed by atoms with E-state index in [0.29, 0.717) is 11.1 Å². The topological polar surface area (TPSA) is 39.9 Å². The van der Waals surface area contributed by atoms with Crippen LogP contribution in [0.25, 0.3) is 0 Å². The van der Waals surface area contributed by atoms with Gasteiger partial charge in [-0.15, -0.1) is 0 Å². The maximum absolute atomic E-state index is 8.78. The zero-order valence-electron chi connectivity index (χ0n) is 9.20. The summed E-state index contributed by atoms with van der Waals surface area (Å²) in [6.07, 6.45) is 2.91. The zero-order valence-corrected chi connectivity index (χ0v) is 9.20. The van der Waals surface area contributed by atoms with E-state index in [2.05, 4.69) is 29.8 Å². The van der Waals surface area contributed by atoms with E-state index in [9.17, 15) is 0 Å². The minimum atomic E-state index is 0.385. The van der Waals surface area contributed by atoms with Crippen molar-refractivity contribution in [3.63, 3.8) is 0 Å². The summed E-state index contributed by atoms with van der Waals surface area (Å²) in [4.78, 5) is 6.30. The molecule has 3 heteroatoms. The molecule has 2 heterocycles. The van der Waals surface area contributed by atoms with E-state index in [1.807, 2.05) is 12.1 Å². The first-order valence-corrected chi connectivity index (χ1v) is 5.22. The highest BCUT2D eigenvalue weighted by molar-refractivity contribution is 5.49. The summed E-state index contributed by atoms with van der Waals surface area (Å²) < 4.78 is 0. The Hall–Kier alpha value is -1.56. The van der Waals surface area contributed by atoms with Crippen molar-refractivity contribution in [3.8, 4) is 6.07 Å². The normalized spacial score (nSPS) is 18.9. The van der Waals surface area contributed by atoms with Crippen LogP contribution < -0.4 is 4.90 Å². The first-order chi connectivity index (χ1) is 7.11. The largest absolute Gasteiger partial charge is 0.371 e. The summed E-state index contributed by atoms with van der Waals surface area (Å²) in [5.41, 5.74) is 2.00. The van der Waals surface area contributed by atoms with Crippen LogP contribution >= 0.6 is 0 Å². The predicted molar refractivity (Wildman–Crippen MR) is 59.6 cm³/mol. The molecule has 3 nitrogen and oxygen atoms in total. The molecule has 1 aliphatic rings. The van der Waals surface area contributed by atoms with Crippen LogP contribution in [0.15, 0.2) is 18.3 Å². The highest BCUT2D eigenvalue weighted by Gasteiger charge is 2.29. The number of hydrogen-bond acceptors (Lipinski definition) is 3. The van der Waals surface area contributed by atoms with Crippen molar-refractivity contribution in [3.05, 3.63) is 24.0 Å². The monoisotopic (exact) mass is 201 g/mol. The summed E-state index contributed by atoms with van der Waals surface area (Å²) in [5.74, 6) is 0. The van der Waals surface area contributed by atoms with Crippen LogP contribution in [0.1, 0.15) is 26.0 Å². The Labute approximate surface area is 90.4 Å². The maximum atomic E-state index is 8.78. The average molecular weight is 201 g/mol. The van der Waals surface area contributed by atoms with Gasteiger partial charge < -0.3 is 4.90 Å². The Morgan fingerprint density at radius 3 is 2.93 bits per heavy atom. The molecule has 78 valence electrons. The van der Waals surface area contributed by atoms with E-state index in [4.69, 9.17) is 5.26 Å². The molecule has 0 bridgehead atoms. The Morgan fingerprint density at radius 1 is 1.53 bits per heavy atom. The molecule has 0 atom stereocenters. The Morgan fingerprint density at radius 2 is 2.33 bits per heavy atom. The lowest BCUT2D eigenvalue weighted by molar-refractivity contribution is 0.418. The second kappa shape index (κ2) is 3.54. The van der Waals surface area contributed by atoms with Gasteiger partial charge in [0.15, 0.2) is 0 Å². The highest BCUT2D eigenvalue weighted by atomic mass is 15.2. The molecular weight excluding hydrogens is 186 g/mol. The quantitative estimate of drug-likeness (QED) is 0.699. The molecule has 15 heavy (non-hydrogen) atoms.